The van der Waals surface area contributed by atoms with Crippen LogP contribution in [-0.4, -0.2) is 23.0 Å². The minimum atomic E-state index is 0.585. The van der Waals surface area contributed by atoms with E-state index in [1.165, 1.54) is 0 Å². The van der Waals surface area contributed by atoms with Crippen LogP contribution in [0.2, 0.25) is 0 Å². The van der Waals surface area contributed by atoms with Crippen molar-refractivity contribution in [1.29, 1.82) is 0 Å². The molecule has 4 nitrogen and oxygen atoms in total. The SMILES string of the molecule is CCOc1[c]nn(C)c1OCC. The molecule has 4 heteroatoms. The third-order valence-electron chi connectivity index (χ3n) is 1.36. The van der Waals surface area contributed by atoms with E-state index in [2.05, 4.69) is 11.3 Å². The minimum absolute atomic E-state index is 0.585. The zero-order valence-electron chi connectivity index (χ0n) is 7.63. The Labute approximate surface area is 72.1 Å². The molecule has 0 N–H and O–H groups in total. The second-order valence-electron chi connectivity index (χ2n) is 2.24. The van der Waals surface area contributed by atoms with E-state index >= 15 is 0 Å². The van der Waals surface area contributed by atoms with Crippen molar-refractivity contribution in [3.63, 3.8) is 0 Å². The molecule has 0 spiro atoms. The average molecular weight is 169 g/mol. The summed E-state index contributed by atoms with van der Waals surface area (Å²) in [7, 11) is 1.80. The summed E-state index contributed by atoms with van der Waals surface area (Å²) >= 11 is 0. The molecule has 0 fully saturated rings. The molecule has 0 atom stereocenters. The number of rotatable bonds is 4. The second-order valence-corrected chi connectivity index (χ2v) is 2.24. The van der Waals surface area contributed by atoms with Gasteiger partial charge in [-0.3, -0.25) is 0 Å². The van der Waals surface area contributed by atoms with E-state index in [0.717, 1.165) is 0 Å². The number of hydrogen-bond donors (Lipinski definition) is 0. The molecule has 0 amide bonds. The molecule has 0 aliphatic rings. The Hall–Kier alpha value is -1.19. The van der Waals surface area contributed by atoms with Gasteiger partial charge in [0.2, 0.25) is 5.75 Å². The predicted molar refractivity (Wildman–Crippen MR) is 44.4 cm³/mol. The van der Waals surface area contributed by atoms with Crippen LogP contribution in [0, 0.1) is 6.20 Å². The van der Waals surface area contributed by atoms with Crippen LogP contribution >= 0.6 is 0 Å². The fraction of sp³-hybridized carbons (Fsp3) is 0.625. The Bertz CT molecular complexity index is 245. The van der Waals surface area contributed by atoms with Crippen molar-refractivity contribution in [3.8, 4) is 11.6 Å². The van der Waals surface area contributed by atoms with Crippen molar-refractivity contribution in [2.45, 2.75) is 13.8 Å². The Morgan fingerprint density at radius 3 is 2.58 bits per heavy atom. The van der Waals surface area contributed by atoms with Crippen molar-refractivity contribution < 1.29 is 9.47 Å². The first-order valence-electron chi connectivity index (χ1n) is 3.99. The summed E-state index contributed by atoms with van der Waals surface area (Å²) in [4.78, 5) is 0. The van der Waals surface area contributed by atoms with E-state index in [9.17, 15) is 0 Å². The van der Waals surface area contributed by atoms with Gasteiger partial charge < -0.3 is 9.47 Å². The lowest BCUT2D eigenvalue weighted by Crippen LogP contribution is -2.01. The molecule has 1 radical (unpaired) electrons. The normalized spacial score (nSPS) is 9.92. The highest BCUT2D eigenvalue weighted by Crippen LogP contribution is 2.24. The van der Waals surface area contributed by atoms with Crippen molar-refractivity contribution in [2.24, 2.45) is 7.05 Å². The first-order valence-corrected chi connectivity index (χ1v) is 3.99. The molecule has 12 heavy (non-hydrogen) atoms. The summed E-state index contributed by atoms with van der Waals surface area (Å²) in [5.74, 6) is 1.22. The van der Waals surface area contributed by atoms with Gasteiger partial charge in [0.25, 0.3) is 5.88 Å². The fourth-order valence-corrected chi connectivity index (χ4v) is 0.895. The van der Waals surface area contributed by atoms with Crippen LogP contribution in [0.15, 0.2) is 0 Å². The lowest BCUT2D eigenvalue weighted by Gasteiger charge is -2.05. The van der Waals surface area contributed by atoms with Gasteiger partial charge >= 0.3 is 0 Å². The first-order chi connectivity index (χ1) is 5.79. The van der Waals surface area contributed by atoms with Gasteiger partial charge in [-0.2, -0.15) is 5.10 Å². The molecule has 1 aromatic rings. The largest absolute Gasteiger partial charge is 0.487 e. The number of aromatic nitrogens is 2. The molecule has 67 valence electrons. The van der Waals surface area contributed by atoms with Gasteiger partial charge in [0.15, 0.2) is 6.20 Å². The monoisotopic (exact) mass is 169 g/mol. The molecule has 0 bridgehead atoms. The summed E-state index contributed by atoms with van der Waals surface area (Å²) in [5.41, 5.74) is 0. The van der Waals surface area contributed by atoms with Crippen LogP contribution < -0.4 is 9.47 Å². The van der Waals surface area contributed by atoms with Crippen molar-refractivity contribution in [2.75, 3.05) is 13.2 Å². The molecule has 1 aromatic heterocycles. The minimum Gasteiger partial charge on any atom is -0.487 e. The average Bonchev–Trinajstić information content (AvgIpc) is 2.37. The van der Waals surface area contributed by atoms with Crippen LogP contribution in [0.5, 0.6) is 11.6 Å². The van der Waals surface area contributed by atoms with Gasteiger partial charge in [-0.25, -0.2) is 4.68 Å². The van der Waals surface area contributed by atoms with Crippen LogP contribution in [0.3, 0.4) is 0 Å². The molecular formula is C8H13N2O2. The van der Waals surface area contributed by atoms with E-state index < -0.39 is 0 Å². The van der Waals surface area contributed by atoms with Gasteiger partial charge in [0.1, 0.15) is 0 Å². The molecule has 0 aliphatic carbocycles. The van der Waals surface area contributed by atoms with Crippen LogP contribution in [0.25, 0.3) is 0 Å². The van der Waals surface area contributed by atoms with E-state index in [4.69, 9.17) is 9.47 Å². The zero-order chi connectivity index (χ0) is 8.97. The first kappa shape index (κ1) is 8.90. The van der Waals surface area contributed by atoms with Gasteiger partial charge in [0, 0.05) is 7.05 Å². The smallest absolute Gasteiger partial charge is 0.256 e. The molecule has 0 unspecified atom stereocenters. The highest BCUT2D eigenvalue weighted by molar-refractivity contribution is 5.30. The summed E-state index contributed by atoms with van der Waals surface area (Å²) in [6.45, 7) is 5.04. The number of ether oxygens (including phenoxy) is 2. The summed E-state index contributed by atoms with van der Waals surface area (Å²) < 4.78 is 12.2. The maximum absolute atomic E-state index is 5.30. The third-order valence-corrected chi connectivity index (χ3v) is 1.36. The quantitative estimate of drug-likeness (QED) is 0.675. The van der Waals surface area contributed by atoms with Gasteiger partial charge in [-0.05, 0) is 13.8 Å². The van der Waals surface area contributed by atoms with Crippen molar-refractivity contribution in [3.05, 3.63) is 6.20 Å². The summed E-state index contributed by atoms with van der Waals surface area (Å²) in [6, 6.07) is 0. The van der Waals surface area contributed by atoms with Crippen LogP contribution in [-0.2, 0) is 7.05 Å². The van der Waals surface area contributed by atoms with Gasteiger partial charge in [-0.15, -0.1) is 0 Å². The molecule has 1 heterocycles. The van der Waals surface area contributed by atoms with Crippen molar-refractivity contribution in [1.82, 2.24) is 9.78 Å². The molecule has 0 saturated heterocycles. The Balaban J connectivity index is 2.80. The Morgan fingerprint density at radius 2 is 2.00 bits per heavy atom. The predicted octanol–water partition coefficient (Wildman–Crippen LogP) is 1.02. The lowest BCUT2D eigenvalue weighted by atomic mass is 10.6. The number of hydrogen-bond acceptors (Lipinski definition) is 3. The summed E-state index contributed by atoms with van der Waals surface area (Å²) in [5, 5.41) is 3.90. The second kappa shape index (κ2) is 3.99. The topological polar surface area (TPSA) is 36.3 Å². The van der Waals surface area contributed by atoms with Gasteiger partial charge in [0.05, 0.1) is 13.2 Å². The molecule has 1 rings (SSSR count). The van der Waals surface area contributed by atoms with Crippen LogP contribution in [0.1, 0.15) is 13.8 Å². The van der Waals surface area contributed by atoms with E-state index in [-0.39, 0.29) is 0 Å². The van der Waals surface area contributed by atoms with E-state index in [1.54, 1.807) is 11.7 Å². The third kappa shape index (κ3) is 1.69. The Kier molecular flexibility index (Phi) is 2.96. The zero-order valence-corrected chi connectivity index (χ0v) is 7.63. The maximum atomic E-state index is 5.30. The highest BCUT2D eigenvalue weighted by Gasteiger charge is 2.10. The molecule has 0 aliphatic heterocycles. The van der Waals surface area contributed by atoms with Crippen LogP contribution in [0.4, 0.5) is 0 Å². The summed E-state index contributed by atoms with van der Waals surface area (Å²) in [6.07, 6.45) is 2.73. The standard InChI is InChI=1S/C8H13N2O2/c1-4-11-7-6-9-10(3)8(7)12-5-2/h4-5H2,1-3H3. The lowest BCUT2D eigenvalue weighted by molar-refractivity contribution is 0.271. The van der Waals surface area contributed by atoms with E-state index in [0.29, 0.717) is 24.8 Å². The van der Waals surface area contributed by atoms with Gasteiger partial charge in [-0.1, -0.05) is 0 Å². The molecule has 0 aromatic carbocycles. The Morgan fingerprint density at radius 1 is 1.33 bits per heavy atom. The maximum Gasteiger partial charge on any atom is 0.256 e. The number of nitrogens with zero attached hydrogens (tertiary/aromatic N) is 2. The highest BCUT2D eigenvalue weighted by atomic mass is 16.5. The molecule has 0 saturated carbocycles. The van der Waals surface area contributed by atoms with Crippen molar-refractivity contribution >= 4 is 0 Å². The van der Waals surface area contributed by atoms with E-state index in [1.807, 2.05) is 13.8 Å². The molecular weight excluding hydrogens is 156 g/mol. The fourth-order valence-electron chi connectivity index (χ4n) is 0.895. The number of aryl methyl sites for hydroxylation is 1.